The Labute approximate surface area is 256 Å². The molecule has 0 saturated carbocycles. The molecule has 2 atom stereocenters. The van der Waals surface area contributed by atoms with Gasteiger partial charge in [-0.1, -0.05) is 17.7 Å². The summed E-state index contributed by atoms with van der Waals surface area (Å²) < 4.78 is 29.7. The van der Waals surface area contributed by atoms with Crippen molar-refractivity contribution >= 4 is 49.9 Å². The summed E-state index contributed by atoms with van der Waals surface area (Å²) in [5.41, 5.74) is 2.75. The number of aromatic amines is 1. The zero-order valence-corrected chi connectivity index (χ0v) is 25.5. The van der Waals surface area contributed by atoms with Crippen LogP contribution in [0.3, 0.4) is 0 Å². The predicted octanol–water partition coefficient (Wildman–Crippen LogP) is 3.94. The van der Waals surface area contributed by atoms with Gasteiger partial charge in [-0.15, -0.1) is 0 Å². The number of fused-ring (bicyclic) bond motifs is 1. The highest BCUT2D eigenvalue weighted by Gasteiger charge is 2.40. The number of aromatic nitrogens is 2. The van der Waals surface area contributed by atoms with Gasteiger partial charge in [0.1, 0.15) is 5.03 Å². The van der Waals surface area contributed by atoms with Gasteiger partial charge in [0.15, 0.2) is 12.4 Å². The number of nitrogens with one attached hydrogen (secondary N) is 1. The zero-order chi connectivity index (χ0) is 30.1. The average Bonchev–Trinajstić information content (AvgIpc) is 3.46. The Bertz CT molecular complexity index is 1650. The number of piperidine rings is 1. The summed E-state index contributed by atoms with van der Waals surface area (Å²) in [6, 6.07) is 9.75. The molecule has 4 heterocycles. The van der Waals surface area contributed by atoms with Gasteiger partial charge in [0, 0.05) is 73.1 Å². The van der Waals surface area contributed by atoms with E-state index < -0.39 is 16.1 Å². The van der Waals surface area contributed by atoms with Crippen molar-refractivity contribution in [2.45, 2.75) is 56.0 Å². The number of rotatable bonds is 6. The number of benzene rings is 1. The predicted molar refractivity (Wildman–Crippen MR) is 163 cm³/mol. The van der Waals surface area contributed by atoms with Crippen LogP contribution in [-0.4, -0.2) is 78.1 Å². The van der Waals surface area contributed by atoms with Crippen molar-refractivity contribution in [3.05, 3.63) is 70.7 Å². The number of hydrogen-bond acceptors (Lipinski definition) is 5. The van der Waals surface area contributed by atoms with Crippen molar-refractivity contribution in [3.8, 4) is 0 Å². The molecule has 0 bridgehead atoms. The molecule has 2 saturated heterocycles. The van der Waals surface area contributed by atoms with Crippen LogP contribution in [0.1, 0.15) is 50.5 Å². The molecule has 6 rings (SSSR count). The van der Waals surface area contributed by atoms with Gasteiger partial charge >= 0.3 is 0 Å². The number of halogens is 1. The lowest BCUT2D eigenvalue weighted by Crippen LogP contribution is -2.58. The molecule has 1 aliphatic carbocycles. The van der Waals surface area contributed by atoms with E-state index in [4.69, 9.17) is 11.6 Å². The second kappa shape index (κ2) is 12.3. The summed E-state index contributed by atoms with van der Waals surface area (Å²) in [4.78, 5) is 33.9. The van der Waals surface area contributed by atoms with Gasteiger partial charge in [-0.05, 0) is 73.9 Å². The summed E-state index contributed by atoms with van der Waals surface area (Å²) in [6.45, 7) is 1.81. The summed E-state index contributed by atoms with van der Waals surface area (Å²) in [6.07, 6.45) is 10.0. The first-order valence-corrected chi connectivity index (χ1v) is 16.8. The molecule has 0 spiro atoms. The van der Waals surface area contributed by atoms with E-state index >= 15 is 0 Å². The first kappa shape index (κ1) is 29.7. The molecule has 2 aromatic heterocycles. The number of carbonyl (C=O) groups is 2. The number of carbonyl (C=O) groups excluding carboxylic acids is 2. The Kier molecular flexibility index (Phi) is 8.48. The first-order chi connectivity index (χ1) is 20.7. The van der Waals surface area contributed by atoms with E-state index in [0.717, 1.165) is 35.1 Å². The minimum absolute atomic E-state index is 0.0329. The lowest BCUT2D eigenvalue weighted by molar-refractivity contribution is -0.605. The number of allylic oxidation sites excluding steroid dienone is 2. The van der Waals surface area contributed by atoms with E-state index in [9.17, 15) is 23.2 Å². The molecular weight excluding hydrogens is 590 g/mol. The van der Waals surface area contributed by atoms with E-state index in [-0.39, 0.29) is 48.8 Å². The summed E-state index contributed by atoms with van der Waals surface area (Å²) >= 11 is 6.11. The maximum Gasteiger partial charge on any atom is 0.258 e. The lowest BCUT2D eigenvalue weighted by Gasteiger charge is -2.42. The molecule has 12 heteroatoms. The van der Waals surface area contributed by atoms with Gasteiger partial charge in [0.25, 0.3) is 10.0 Å². The van der Waals surface area contributed by atoms with Crippen molar-refractivity contribution in [3.63, 3.8) is 0 Å². The van der Waals surface area contributed by atoms with Gasteiger partial charge in [0.05, 0.1) is 6.04 Å². The normalized spacial score (nSPS) is 22.0. The zero-order valence-electron chi connectivity index (χ0n) is 24.0. The minimum atomic E-state index is -3.91. The number of sulfonamides is 1. The van der Waals surface area contributed by atoms with Crippen molar-refractivity contribution in [1.82, 2.24) is 19.1 Å². The topological polar surface area (TPSA) is 121 Å². The lowest BCUT2D eigenvalue weighted by atomic mass is 9.85. The summed E-state index contributed by atoms with van der Waals surface area (Å²) in [5, 5.41) is 12.7. The Balaban J connectivity index is 1.21. The molecule has 0 radical (unpaired) electrons. The molecule has 2 fully saturated rings. The van der Waals surface area contributed by atoms with E-state index in [0.29, 0.717) is 48.3 Å². The van der Waals surface area contributed by atoms with Crippen molar-refractivity contribution in [2.75, 3.05) is 32.7 Å². The molecule has 1 aromatic carbocycles. The van der Waals surface area contributed by atoms with Crippen LogP contribution in [0.4, 0.5) is 0 Å². The molecule has 2 amide bonds. The summed E-state index contributed by atoms with van der Waals surface area (Å²) in [5.74, 6) is -0.312. The van der Waals surface area contributed by atoms with Crippen molar-refractivity contribution < 1.29 is 22.7 Å². The van der Waals surface area contributed by atoms with E-state index in [2.05, 4.69) is 11.1 Å². The minimum Gasteiger partial charge on any atom is -0.619 e. The van der Waals surface area contributed by atoms with Crippen molar-refractivity contribution in [2.24, 2.45) is 5.92 Å². The monoisotopic (exact) mass is 625 g/mol. The van der Waals surface area contributed by atoms with Crippen LogP contribution < -0.4 is 4.73 Å². The number of amides is 2. The van der Waals surface area contributed by atoms with E-state index in [1.165, 1.54) is 16.7 Å². The van der Waals surface area contributed by atoms with Gasteiger partial charge in [-0.25, -0.2) is 8.42 Å². The maximum absolute atomic E-state index is 13.9. The van der Waals surface area contributed by atoms with Gasteiger partial charge in [-0.3, -0.25) is 9.59 Å². The van der Waals surface area contributed by atoms with Crippen LogP contribution in [-0.2, 0) is 19.6 Å². The molecular formula is C31H36ClN5O5S. The Morgan fingerprint density at radius 1 is 1.02 bits per heavy atom. The average molecular weight is 626 g/mol. The molecule has 10 nitrogen and oxygen atoms in total. The third kappa shape index (κ3) is 6.30. The molecule has 43 heavy (non-hydrogen) atoms. The highest BCUT2D eigenvalue weighted by atomic mass is 35.5. The van der Waals surface area contributed by atoms with E-state index in [1.807, 2.05) is 4.90 Å². The van der Waals surface area contributed by atoms with Gasteiger partial charge in [-0.2, -0.15) is 9.04 Å². The van der Waals surface area contributed by atoms with Gasteiger partial charge < -0.3 is 20.0 Å². The van der Waals surface area contributed by atoms with Gasteiger partial charge in [0.2, 0.25) is 11.8 Å². The highest BCUT2D eigenvalue weighted by molar-refractivity contribution is 7.89. The van der Waals surface area contributed by atoms with Crippen LogP contribution in [0.2, 0.25) is 5.02 Å². The molecule has 2 aliphatic heterocycles. The van der Waals surface area contributed by atoms with Crippen LogP contribution in [0.15, 0.2) is 59.9 Å². The van der Waals surface area contributed by atoms with Crippen LogP contribution >= 0.6 is 11.6 Å². The fourth-order valence-corrected chi connectivity index (χ4v) is 8.18. The Morgan fingerprint density at radius 3 is 2.51 bits per heavy atom. The number of nitrogens with zero attached hydrogens (tertiary/aromatic N) is 4. The first-order valence-electron chi connectivity index (χ1n) is 14.9. The quantitative estimate of drug-likeness (QED) is 0.329. The maximum atomic E-state index is 13.9. The molecule has 3 aromatic rings. The number of H-pyrrole nitrogens is 1. The number of likely N-dealkylation sites (tertiary alicyclic amines) is 1. The number of pyridine rings is 1. The highest BCUT2D eigenvalue weighted by Crippen LogP contribution is 2.33. The Morgan fingerprint density at radius 2 is 1.79 bits per heavy atom. The second-order valence-electron chi connectivity index (χ2n) is 11.7. The standard InChI is InChI=1S/C31H36ClN5O5S/c32-26-8-9-28-25(18-26)19-29(33-28)43(41,42)36-16-17-37(27(21-36)20-30(38)34-12-2-1-3-13-34)31(39)24-6-4-22(5-7-24)23-10-14-35(40)15-11-23/h4,8-11,14-15,18-19,24,27,33H,1-3,5-7,12-13,16-17,20-21H2. The fourth-order valence-electron chi connectivity index (χ4n) is 6.52. The molecule has 2 unspecified atom stereocenters. The fraction of sp³-hybridized carbons (Fsp3) is 0.452. The molecule has 1 N–H and O–H groups in total. The molecule has 3 aliphatic rings. The van der Waals surface area contributed by atoms with Crippen LogP contribution in [0, 0.1) is 11.1 Å². The number of hydrogen-bond donors (Lipinski definition) is 1. The van der Waals surface area contributed by atoms with Crippen molar-refractivity contribution in [1.29, 1.82) is 0 Å². The third-order valence-electron chi connectivity index (χ3n) is 8.96. The van der Waals surface area contributed by atoms with E-state index in [1.54, 1.807) is 41.3 Å². The number of piperazine rings is 1. The smallest absolute Gasteiger partial charge is 0.258 e. The van der Waals surface area contributed by atoms with Crippen LogP contribution in [0.25, 0.3) is 16.5 Å². The SMILES string of the molecule is O=C(CC1CN(S(=O)(=O)c2cc3cc(Cl)ccc3[nH]2)CCN1C(=O)C1CC=C(c2cc[n+]([O-])cc2)CC1)N1CCCCC1. The third-order valence-corrected chi connectivity index (χ3v) is 11.0. The Hall–Kier alpha value is -3.41. The second-order valence-corrected chi connectivity index (χ2v) is 14.0. The summed E-state index contributed by atoms with van der Waals surface area (Å²) in [7, 11) is -3.91. The van der Waals surface area contributed by atoms with Crippen LogP contribution in [0.5, 0.6) is 0 Å². The largest absolute Gasteiger partial charge is 0.619 e. The molecule has 228 valence electrons.